The highest BCUT2D eigenvalue weighted by molar-refractivity contribution is 5.74. The van der Waals surface area contributed by atoms with Crippen molar-refractivity contribution in [2.24, 2.45) is 0 Å². The predicted molar refractivity (Wildman–Crippen MR) is 117 cm³/mol. The van der Waals surface area contributed by atoms with Gasteiger partial charge < -0.3 is 15.4 Å². The maximum absolute atomic E-state index is 12.4. The summed E-state index contributed by atoms with van der Waals surface area (Å²) in [6, 6.07) is 18.0. The maximum Gasteiger partial charge on any atom is 0.315 e. The number of carbonyl (C=O) groups is 1. The molecule has 2 amide bonds. The molecular formula is C24H28N4O2. The summed E-state index contributed by atoms with van der Waals surface area (Å²) >= 11 is 0. The fraction of sp³-hybridized carbons (Fsp3) is 0.333. The number of ether oxygens (including phenoxy) is 1. The van der Waals surface area contributed by atoms with Gasteiger partial charge in [-0.05, 0) is 43.9 Å². The van der Waals surface area contributed by atoms with Gasteiger partial charge in [0.25, 0.3) is 0 Å². The van der Waals surface area contributed by atoms with E-state index < -0.39 is 0 Å². The Morgan fingerprint density at radius 1 is 1.17 bits per heavy atom. The molecule has 6 nitrogen and oxygen atoms in total. The Morgan fingerprint density at radius 3 is 2.77 bits per heavy atom. The van der Waals surface area contributed by atoms with Gasteiger partial charge in [0.2, 0.25) is 0 Å². The van der Waals surface area contributed by atoms with Crippen molar-refractivity contribution in [2.75, 3.05) is 13.2 Å². The van der Waals surface area contributed by atoms with E-state index in [1.54, 1.807) is 0 Å². The summed E-state index contributed by atoms with van der Waals surface area (Å²) in [5.74, 6) is 0.811. The average Bonchev–Trinajstić information content (AvgIpc) is 3.17. The number of nitrogens with one attached hydrogen (secondary N) is 2. The number of fused-ring (bicyclic) bond motifs is 1. The third-order valence-electron chi connectivity index (χ3n) is 5.42. The summed E-state index contributed by atoms with van der Waals surface area (Å²) in [6.07, 6.45) is 4.86. The van der Waals surface area contributed by atoms with Gasteiger partial charge in [-0.2, -0.15) is 5.10 Å². The molecule has 1 atom stereocenters. The third-order valence-corrected chi connectivity index (χ3v) is 5.42. The molecule has 6 heteroatoms. The van der Waals surface area contributed by atoms with E-state index in [1.807, 2.05) is 55.6 Å². The summed E-state index contributed by atoms with van der Waals surface area (Å²) in [5.41, 5.74) is 4.77. The van der Waals surface area contributed by atoms with Crippen molar-refractivity contribution < 1.29 is 9.53 Å². The molecule has 2 aromatic carbocycles. The van der Waals surface area contributed by atoms with Gasteiger partial charge in [-0.1, -0.05) is 48.0 Å². The number of carbonyl (C=O) groups excluding carboxylic acids is 1. The van der Waals surface area contributed by atoms with Crippen LogP contribution in [-0.4, -0.2) is 29.0 Å². The Bertz CT molecular complexity index is 967. The zero-order chi connectivity index (χ0) is 20.8. The molecule has 156 valence electrons. The zero-order valence-electron chi connectivity index (χ0n) is 17.3. The van der Waals surface area contributed by atoms with Crippen molar-refractivity contribution in [1.29, 1.82) is 0 Å². The molecule has 0 fully saturated rings. The molecule has 0 bridgehead atoms. The molecule has 4 rings (SSSR count). The van der Waals surface area contributed by atoms with E-state index in [0.717, 1.165) is 37.1 Å². The number of benzene rings is 2. The lowest BCUT2D eigenvalue weighted by atomic mass is 9.93. The summed E-state index contributed by atoms with van der Waals surface area (Å²) in [6.45, 7) is 3.68. The fourth-order valence-corrected chi connectivity index (χ4v) is 3.84. The van der Waals surface area contributed by atoms with Crippen molar-refractivity contribution in [3.05, 3.63) is 83.2 Å². The van der Waals surface area contributed by atoms with E-state index >= 15 is 0 Å². The molecule has 0 saturated heterocycles. The van der Waals surface area contributed by atoms with E-state index in [2.05, 4.69) is 32.5 Å². The Hall–Kier alpha value is -3.28. The third kappa shape index (κ3) is 5.00. The van der Waals surface area contributed by atoms with Crippen molar-refractivity contribution in [2.45, 2.75) is 38.8 Å². The van der Waals surface area contributed by atoms with Crippen LogP contribution in [0.1, 0.15) is 41.3 Å². The van der Waals surface area contributed by atoms with Gasteiger partial charge >= 0.3 is 6.03 Å². The number of aryl methyl sites for hydroxylation is 1. The highest BCUT2D eigenvalue weighted by Crippen LogP contribution is 2.29. The predicted octanol–water partition coefficient (Wildman–Crippen LogP) is 4.00. The molecule has 0 saturated carbocycles. The number of rotatable bonds is 7. The molecule has 30 heavy (non-hydrogen) atoms. The normalized spacial score (nSPS) is 15.3. The Balaban J connectivity index is 1.28. The van der Waals surface area contributed by atoms with Crippen LogP contribution in [0.25, 0.3) is 0 Å². The van der Waals surface area contributed by atoms with Crippen LogP contribution in [-0.2, 0) is 13.0 Å². The van der Waals surface area contributed by atoms with Crippen LogP contribution in [0.15, 0.2) is 60.8 Å². The summed E-state index contributed by atoms with van der Waals surface area (Å²) in [7, 11) is 0. The van der Waals surface area contributed by atoms with Gasteiger partial charge in [0.1, 0.15) is 12.4 Å². The number of amides is 2. The smallest absolute Gasteiger partial charge is 0.315 e. The van der Waals surface area contributed by atoms with E-state index in [9.17, 15) is 4.79 Å². The summed E-state index contributed by atoms with van der Waals surface area (Å²) in [4.78, 5) is 12.4. The van der Waals surface area contributed by atoms with Gasteiger partial charge in [-0.15, -0.1) is 0 Å². The minimum atomic E-state index is -0.170. The van der Waals surface area contributed by atoms with Crippen molar-refractivity contribution in [3.63, 3.8) is 0 Å². The van der Waals surface area contributed by atoms with E-state index in [0.29, 0.717) is 13.2 Å². The van der Waals surface area contributed by atoms with Crippen molar-refractivity contribution in [1.82, 2.24) is 20.4 Å². The van der Waals surface area contributed by atoms with Crippen LogP contribution < -0.4 is 15.4 Å². The van der Waals surface area contributed by atoms with Gasteiger partial charge in [0.15, 0.2) is 0 Å². The number of urea groups is 1. The standard InChI is InChI=1S/C24H28N4O2/c1-18-10-12-20(13-11-18)30-15-14-25-24(29)27-22-8-5-9-23-21(22)16-26-28(23)17-19-6-3-2-4-7-19/h2-4,6-7,10-13,16,22H,5,8-9,14-15,17H2,1H3,(H2,25,27,29). The number of aromatic nitrogens is 2. The minimum absolute atomic E-state index is 0.00343. The van der Waals surface area contributed by atoms with Gasteiger partial charge in [0.05, 0.1) is 25.3 Å². The van der Waals surface area contributed by atoms with Gasteiger partial charge in [0, 0.05) is 11.3 Å². The first-order valence-electron chi connectivity index (χ1n) is 10.5. The molecular weight excluding hydrogens is 376 g/mol. The second-order valence-corrected chi connectivity index (χ2v) is 7.70. The Kier molecular flexibility index (Phi) is 6.32. The molecule has 0 spiro atoms. The van der Waals surface area contributed by atoms with Crippen LogP contribution in [0.5, 0.6) is 5.75 Å². The summed E-state index contributed by atoms with van der Waals surface area (Å²) in [5, 5.41) is 10.6. The lowest BCUT2D eigenvalue weighted by Crippen LogP contribution is -2.40. The lowest BCUT2D eigenvalue weighted by molar-refractivity contribution is 0.231. The molecule has 3 aromatic rings. The molecule has 1 aliphatic carbocycles. The van der Waals surface area contributed by atoms with Gasteiger partial charge in [-0.3, -0.25) is 4.68 Å². The highest BCUT2D eigenvalue weighted by Gasteiger charge is 2.25. The number of nitrogens with zero attached hydrogens (tertiary/aromatic N) is 2. The highest BCUT2D eigenvalue weighted by atomic mass is 16.5. The summed E-state index contributed by atoms with van der Waals surface area (Å²) < 4.78 is 7.72. The first-order chi connectivity index (χ1) is 14.7. The second kappa shape index (κ2) is 9.48. The van der Waals surface area contributed by atoms with Crippen molar-refractivity contribution >= 4 is 6.03 Å². The molecule has 1 aliphatic rings. The lowest BCUT2D eigenvalue weighted by Gasteiger charge is -2.24. The largest absolute Gasteiger partial charge is 0.492 e. The Morgan fingerprint density at radius 2 is 1.97 bits per heavy atom. The monoisotopic (exact) mass is 404 g/mol. The van der Waals surface area contributed by atoms with E-state index in [1.165, 1.54) is 16.8 Å². The van der Waals surface area contributed by atoms with E-state index in [4.69, 9.17) is 4.74 Å². The van der Waals surface area contributed by atoms with Crippen LogP contribution in [0.2, 0.25) is 0 Å². The molecule has 1 aromatic heterocycles. The quantitative estimate of drug-likeness (QED) is 0.585. The Labute approximate surface area is 177 Å². The van der Waals surface area contributed by atoms with Gasteiger partial charge in [-0.25, -0.2) is 4.79 Å². The number of hydrogen-bond donors (Lipinski definition) is 2. The first-order valence-corrected chi connectivity index (χ1v) is 10.5. The second-order valence-electron chi connectivity index (χ2n) is 7.70. The molecule has 1 unspecified atom stereocenters. The molecule has 0 aliphatic heterocycles. The molecule has 1 heterocycles. The van der Waals surface area contributed by atoms with Crippen LogP contribution in [0, 0.1) is 6.92 Å². The molecule has 0 radical (unpaired) electrons. The number of hydrogen-bond acceptors (Lipinski definition) is 3. The van der Waals surface area contributed by atoms with Crippen LogP contribution >= 0.6 is 0 Å². The minimum Gasteiger partial charge on any atom is -0.492 e. The SMILES string of the molecule is Cc1ccc(OCCNC(=O)NC2CCCc3c2cnn3Cc2ccccc2)cc1. The average molecular weight is 405 g/mol. The fourth-order valence-electron chi connectivity index (χ4n) is 3.84. The van der Waals surface area contributed by atoms with E-state index in [-0.39, 0.29) is 12.1 Å². The van der Waals surface area contributed by atoms with Crippen LogP contribution in [0.3, 0.4) is 0 Å². The maximum atomic E-state index is 12.4. The zero-order valence-corrected chi connectivity index (χ0v) is 17.3. The molecule has 2 N–H and O–H groups in total. The van der Waals surface area contributed by atoms with Crippen LogP contribution in [0.4, 0.5) is 4.79 Å². The first kappa shape index (κ1) is 20.0. The topological polar surface area (TPSA) is 68.2 Å². The van der Waals surface area contributed by atoms with Crippen molar-refractivity contribution in [3.8, 4) is 5.75 Å².